The Kier molecular flexibility index (Phi) is 9.38. The molecule has 3 saturated heterocycles. The average Bonchev–Trinajstić information content (AvgIpc) is 3.25. The summed E-state index contributed by atoms with van der Waals surface area (Å²) in [6, 6.07) is 0.226. The fourth-order valence-corrected chi connectivity index (χ4v) is 4.30. The SMILES string of the molecule is CN(C)CCOCC12CCCOC1CCN(C(=O)N1CCCC1)C2.O=C(O)C(F)(F)F. The van der Waals surface area contributed by atoms with Crippen molar-refractivity contribution in [3.63, 3.8) is 0 Å². The number of likely N-dealkylation sites (N-methyl/N-ethyl adjacent to an activating group) is 1. The van der Waals surface area contributed by atoms with Crippen LogP contribution in [0.15, 0.2) is 0 Å². The summed E-state index contributed by atoms with van der Waals surface area (Å²) >= 11 is 0. The van der Waals surface area contributed by atoms with Gasteiger partial charge in [-0.1, -0.05) is 0 Å². The molecule has 0 aromatic carbocycles. The number of nitrogens with zero attached hydrogens (tertiary/aromatic N) is 3. The van der Waals surface area contributed by atoms with E-state index in [1.165, 1.54) is 0 Å². The molecule has 0 aliphatic carbocycles. The van der Waals surface area contributed by atoms with Crippen molar-refractivity contribution in [2.45, 2.75) is 44.4 Å². The number of ether oxygens (including phenoxy) is 2. The molecule has 0 radical (unpaired) electrons. The third kappa shape index (κ3) is 7.50. The molecule has 0 aromatic rings. The smallest absolute Gasteiger partial charge is 0.475 e. The highest BCUT2D eigenvalue weighted by atomic mass is 19.4. The highest BCUT2D eigenvalue weighted by molar-refractivity contribution is 5.75. The van der Waals surface area contributed by atoms with Gasteiger partial charge in [-0.2, -0.15) is 13.2 Å². The fourth-order valence-electron chi connectivity index (χ4n) is 4.30. The Balaban J connectivity index is 0.000000423. The molecule has 0 spiro atoms. The molecule has 3 fully saturated rings. The predicted octanol–water partition coefficient (Wildman–Crippen LogP) is 2.28. The number of amides is 2. The second kappa shape index (κ2) is 11.3. The molecule has 0 saturated carbocycles. The normalized spacial score (nSPS) is 26.3. The highest BCUT2D eigenvalue weighted by Gasteiger charge is 2.47. The molecular formula is C20H34F3N3O5. The number of carboxylic acids is 1. The number of halogens is 3. The van der Waals surface area contributed by atoms with Crippen molar-refractivity contribution in [2.24, 2.45) is 5.41 Å². The Morgan fingerprint density at radius 2 is 1.81 bits per heavy atom. The van der Waals surface area contributed by atoms with Crippen molar-refractivity contribution in [2.75, 3.05) is 66.6 Å². The second-order valence-corrected chi connectivity index (χ2v) is 8.67. The predicted molar refractivity (Wildman–Crippen MR) is 107 cm³/mol. The molecule has 31 heavy (non-hydrogen) atoms. The van der Waals surface area contributed by atoms with Gasteiger partial charge in [-0.3, -0.25) is 0 Å². The Hall–Kier alpha value is -1.59. The van der Waals surface area contributed by atoms with Gasteiger partial charge in [-0.15, -0.1) is 0 Å². The summed E-state index contributed by atoms with van der Waals surface area (Å²) in [7, 11) is 4.12. The molecular weight excluding hydrogens is 419 g/mol. The van der Waals surface area contributed by atoms with Gasteiger partial charge in [0.1, 0.15) is 0 Å². The van der Waals surface area contributed by atoms with Gasteiger partial charge in [0.05, 0.1) is 19.3 Å². The van der Waals surface area contributed by atoms with Crippen LogP contribution in [0.3, 0.4) is 0 Å². The van der Waals surface area contributed by atoms with E-state index in [0.29, 0.717) is 6.61 Å². The van der Waals surface area contributed by atoms with E-state index >= 15 is 0 Å². The van der Waals surface area contributed by atoms with Crippen molar-refractivity contribution < 1.29 is 37.3 Å². The van der Waals surface area contributed by atoms with Crippen LogP contribution in [0, 0.1) is 5.41 Å². The molecule has 2 unspecified atom stereocenters. The first-order chi connectivity index (χ1) is 14.5. The van der Waals surface area contributed by atoms with Gasteiger partial charge in [0.2, 0.25) is 0 Å². The van der Waals surface area contributed by atoms with Crippen molar-refractivity contribution in [1.29, 1.82) is 0 Å². The summed E-state index contributed by atoms with van der Waals surface area (Å²) in [5, 5.41) is 7.12. The van der Waals surface area contributed by atoms with Gasteiger partial charge in [0, 0.05) is 44.7 Å². The first-order valence-corrected chi connectivity index (χ1v) is 10.7. The first-order valence-electron chi connectivity index (χ1n) is 10.7. The number of carbonyl (C=O) groups is 2. The first kappa shape index (κ1) is 25.7. The number of alkyl halides is 3. The van der Waals surface area contributed by atoms with E-state index in [4.69, 9.17) is 19.4 Å². The molecule has 3 aliphatic heterocycles. The minimum atomic E-state index is -5.08. The van der Waals surface area contributed by atoms with Gasteiger partial charge in [-0.05, 0) is 46.2 Å². The number of aliphatic carboxylic acids is 1. The third-order valence-corrected chi connectivity index (χ3v) is 5.95. The number of urea groups is 1. The zero-order chi connectivity index (χ0) is 23.1. The number of hydrogen-bond donors (Lipinski definition) is 1. The highest BCUT2D eigenvalue weighted by Crippen LogP contribution is 2.40. The van der Waals surface area contributed by atoms with Crippen LogP contribution in [0.2, 0.25) is 0 Å². The quantitative estimate of drug-likeness (QED) is 0.644. The van der Waals surface area contributed by atoms with Gasteiger partial charge in [0.25, 0.3) is 0 Å². The van der Waals surface area contributed by atoms with Crippen LogP contribution in [0.4, 0.5) is 18.0 Å². The van der Waals surface area contributed by atoms with Gasteiger partial charge >= 0.3 is 18.2 Å². The Bertz CT molecular complexity index is 599. The lowest BCUT2D eigenvalue weighted by Crippen LogP contribution is -2.59. The maximum Gasteiger partial charge on any atom is 0.490 e. The molecule has 8 nitrogen and oxygen atoms in total. The molecule has 2 amide bonds. The minimum absolute atomic E-state index is 0.0157. The number of hydrogen-bond acceptors (Lipinski definition) is 5. The number of piperidine rings is 1. The maximum absolute atomic E-state index is 12.8. The maximum atomic E-state index is 12.8. The molecule has 0 aromatic heterocycles. The Morgan fingerprint density at radius 3 is 2.39 bits per heavy atom. The van der Waals surface area contributed by atoms with E-state index in [-0.39, 0.29) is 17.6 Å². The van der Waals surface area contributed by atoms with Crippen molar-refractivity contribution in [3.8, 4) is 0 Å². The van der Waals surface area contributed by atoms with E-state index < -0.39 is 12.1 Å². The number of fused-ring (bicyclic) bond motifs is 1. The zero-order valence-electron chi connectivity index (χ0n) is 18.3. The Labute approximate surface area is 181 Å². The van der Waals surface area contributed by atoms with E-state index in [1.54, 1.807) is 0 Å². The summed E-state index contributed by atoms with van der Waals surface area (Å²) in [4.78, 5) is 27.9. The number of carbonyl (C=O) groups excluding carboxylic acids is 1. The van der Waals surface area contributed by atoms with E-state index in [0.717, 1.165) is 78.0 Å². The molecule has 3 rings (SSSR count). The molecule has 2 atom stereocenters. The molecule has 3 aliphatic rings. The van der Waals surface area contributed by atoms with E-state index in [1.807, 2.05) is 4.90 Å². The van der Waals surface area contributed by atoms with Crippen LogP contribution >= 0.6 is 0 Å². The lowest BCUT2D eigenvalue weighted by Gasteiger charge is -2.50. The number of likely N-dealkylation sites (tertiary alicyclic amines) is 2. The topological polar surface area (TPSA) is 82.6 Å². The largest absolute Gasteiger partial charge is 0.490 e. The zero-order valence-corrected chi connectivity index (χ0v) is 18.3. The summed E-state index contributed by atoms with van der Waals surface area (Å²) in [5.41, 5.74) is -0.0157. The van der Waals surface area contributed by atoms with Crippen LogP contribution in [0.5, 0.6) is 0 Å². The van der Waals surface area contributed by atoms with Crippen LogP contribution in [0.1, 0.15) is 32.1 Å². The molecule has 3 heterocycles. The van der Waals surface area contributed by atoms with Crippen LogP contribution in [-0.2, 0) is 14.3 Å². The average molecular weight is 454 g/mol. The van der Waals surface area contributed by atoms with Crippen LogP contribution in [-0.4, -0.2) is 111 Å². The lowest BCUT2D eigenvalue weighted by atomic mass is 9.73. The number of rotatable bonds is 5. The van der Waals surface area contributed by atoms with Crippen LogP contribution < -0.4 is 0 Å². The van der Waals surface area contributed by atoms with Gasteiger partial charge < -0.3 is 29.3 Å². The number of carboxylic acid groups (broad SMARTS) is 1. The second-order valence-electron chi connectivity index (χ2n) is 8.67. The monoisotopic (exact) mass is 453 g/mol. The molecule has 11 heteroatoms. The molecule has 180 valence electrons. The third-order valence-electron chi connectivity index (χ3n) is 5.95. The van der Waals surface area contributed by atoms with Crippen molar-refractivity contribution >= 4 is 12.0 Å². The lowest BCUT2D eigenvalue weighted by molar-refractivity contribution is -0.192. The minimum Gasteiger partial charge on any atom is -0.475 e. The van der Waals surface area contributed by atoms with E-state index in [2.05, 4.69) is 23.9 Å². The fraction of sp³-hybridized carbons (Fsp3) is 0.900. The van der Waals surface area contributed by atoms with Gasteiger partial charge in [-0.25, -0.2) is 9.59 Å². The Morgan fingerprint density at radius 1 is 1.16 bits per heavy atom. The summed E-state index contributed by atoms with van der Waals surface area (Å²) in [6.45, 7) is 6.66. The molecule has 0 bridgehead atoms. The summed E-state index contributed by atoms with van der Waals surface area (Å²) in [5.74, 6) is -2.76. The standard InChI is InChI=1S/C18H33N3O3.C2HF3O2/c1-19(2)11-13-23-15-18-7-5-12-24-16(18)6-10-21(14-18)17(22)20-8-3-4-9-20;3-2(4,5)1(6)7/h16H,3-15H2,1-2H3;(H,6,7). The van der Waals surface area contributed by atoms with Crippen LogP contribution in [0.25, 0.3) is 0 Å². The summed E-state index contributed by atoms with van der Waals surface area (Å²) < 4.78 is 43.8. The molecule has 1 N–H and O–H groups in total. The summed E-state index contributed by atoms with van der Waals surface area (Å²) in [6.07, 6.45) is 0.557. The van der Waals surface area contributed by atoms with Gasteiger partial charge in [0.15, 0.2) is 0 Å². The van der Waals surface area contributed by atoms with E-state index in [9.17, 15) is 18.0 Å². The van der Waals surface area contributed by atoms with Crippen molar-refractivity contribution in [1.82, 2.24) is 14.7 Å². The van der Waals surface area contributed by atoms with Crippen molar-refractivity contribution in [3.05, 3.63) is 0 Å².